The van der Waals surface area contributed by atoms with Crippen LogP contribution in [0.5, 0.6) is 0 Å². The highest BCUT2D eigenvalue weighted by atomic mass is 19.4. The standard InChI is InChI=1S/C23H24F3N5O/c24-23(25,26)20-8-3-9-28-21(20)31-11-4-7-19(15-31)22(32)29-13-17-5-1-2-6-18(17)14-30-12-10-27-16-30/h1-3,5-6,8-10,12,16,19H,4,7,11,13-15H2,(H,29,32). The second kappa shape index (κ2) is 9.42. The summed E-state index contributed by atoms with van der Waals surface area (Å²) in [5, 5.41) is 2.97. The van der Waals surface area contributed by atoms with Gasteiger partial charge in [0.15, 0.2) is 0 Å². The van der Waals surface area contributed by atoms with Gasteiger partial charge in [-0.3, -0.25) is 4.79 Å². The van der Waals surface area contributed by atoms with Crippen LogP contribution in [0.1, 0.15) is 29.5 Å². The Morgan fingerprint density at radius 2 is 1.94 bits per heavy atom. The molecule has 0 saturated carbocycles. The molecule has 1 fully saturated rings. The zero-order valence-corrected chi connectivity index (χ0v) is 17.4. The van der Waals surface area contributed by atoms with E-state index in [4.69, 9.17) is 0 Å². The van der Waals surface area contributed by atoms with Gasteiger partial charge in [0.05, 0.1) is 17.8 Å². The SMILES string of the molecule is O=C(NCc1ccccc1Cn1ccnc1)C1CCCN(c2ncccc2C(F)(F)F)C1. The number of aromatic nitrogens is 3. The topological polar surface area (TPSA) is 63.1 Å². The number of piperidine rings is 1. The number of hydrogen-bond donors (Lipinski definition) is 1. The summed E-state index contributed by atoms with van der Waals surface area (Å²) in [5.41, 5.74) is 1.29. The molecule has 1 amide bonds. The number of imidazole rings is 1. The Labute approximate surface area is 184 Å². The Kier molecular flexibility index (Phi) is 6.43. The van der Waals surface area contributed by atoms with Crippen molar-refractivity contribution < 1.29 is 18.0 Å². The fourth-order valence-corrected chi connectivity index (χ4v) is 4.04. The van der Waals surface area contributed by atoms with Crippen molar-refractivity contribution >= 4 is 11.7 Å². The van der Waals surface area contributed by atoms with Crippen molar-refractivity contribution in [1.29, 1.82) is 0 Å². The molecule has 2 aromatic heterocycles. The van der Waals surface area contributed by atoms with Crippen LogP contribution in [-0.4, -0.2) is 33.5 Å². The molecule has 1 saturated heterocycles. The summed E-state index contributed by atoms with van der Waals surface area (Å²) in [7, 11) is 0. The highest BCUT2D eigenvalue weighted by Crippen LogP contribution is 2.36. The van der Waals surface area contributed by atoms with E-state index in [1.165, 1.54) is 12.3 Å². The van der Waals surface area contributed by atoms with E-state index in [1.54, 1.807) is 17.4 Å². The first-order valence-electron chi connectivity index (χ1n) is 10.5. The average molecular weight is 443 g/mol. The monoisotopic (exact) mass is 443 g/mol. The number of anilines is 1. The Balaban J connectivity index is 1.41. The predicted octanol–water partition coefficient (Wildman–Crippen LogP) is 3.88. The van der Waals surface area contributed by atoms with Gasteiger partial charge in [-0.05, 0) is 36.1 Å². The first-order chi connectivity index (χ1) is 15.4. The minimum absolute atomic E-state index is 0.108. The zero-order chi connectivity index (χ0) is 22.6. The Morgan fingerprint density at radius 1 is 1.12 bits per heavy atom. The molecular formula is C23H24F3N5O. The first-order valence-corrected chi connectivity index (χ1v) is 10.5. The normalized spacial score (nSPS) is 16.7. The maximum Gasteiger partial charge on any atom is 0.419 e. The minimum atomic E-state index is -4.49. The van der Waals surface area contributed by atoms with Crippen molar-refractivity contribution in [2.45, 2.75) is 32.1 Å². The summed E-state index contributed by atoms with van der Waals surface area (Å²) in [6.07, 6.45) is 3.45. The number of nitrogens with one attached hydrogen (secondary N) is 1. The Hall–Kier alpha value is -3.36. The molecule has 9 heteroatoms. The van der Waals surface area contributed by atoms with Crippen molar-refractivity contribution in [3.8, 4) is 0 Å². The molecule has 1 aliphatic heterocycles. The van der Waals surface area contributed by atoms with E-state index in [0.717, 1.165) is 17.2 Å². The van der Waals surface area contributed by atoms with Crippen molar-refractivity contribution in [1.82, 2.24) is 19.9 Å². The van der Waals surface area contributed by atoms with Crippen LogP contribution in [0.2, 0.25) is 0 Å². The van der Waals surface area contributed by atoms with Gasteiger partial charge in [-0.15, -0.1) is 0 Å². The van der Waals surface area contributed by atoms with Crippen LogP contribution in [0.15, 0.2) is 61.3 Å². The van der Waals surface area contributed by atoms with Crippen molar-refractivity contribution in [3.63, 3.8) is 0 Å². The number of rotatable bonds is 6. The summed E-state index contributed by atoms with van der Waals surface area (Å²) < 4.78 is 42.1. The molecule has 1 N–H and O–H groups in total. The van der Waals surface area contributed by atoms with Gasteiger partial charge in [0, 0.05) is 44.8 Å². The summed E-state index contributed by atoms with van der Waals surface area (Å²) in [6.45, 7) is 1.65. The molecule has 168 valence electrons. The van der Waals surface area contributed by atoms with Crippen LogP contribution in [-0.2, 0) is 24.1 Å². The van der Waals surface area contributed by atoms with E-state index >= 15 is 0 Å². The number of hydrogen-bond acceptors (Lipinski definition) is 4. The van der Waals surface area contributed by atoms with Crippen molar-refractivity contribution in [2.24, 2.45) is 5.92 Å². The fourth-order valence-electron chi connectivity index (χ4n) is 4.04. The third-order valence-electron chi connectivity index (χ3n) is 5.67. The van der Waals surface area contributed by atoms with E-state index in [0.29, 0.717) is 32.5 Å². The maximum absolute atomic E-state index is 13.4. The van der Waals surface area contributed by atoms with Gasteiger partial charge in [0.25, 0.3) is 0 Å². The van der Waals surface area contributed by atoms with Gasteiger partial charge in [-0.2, -0.15) is 13.2 Å². The van der Waals surface area contributed by atoms with Crippen LogP contribution in [0.25, 0.3) is 0 Å². The number of pyridine rings is 1. The third-order valence-corrected chi connectivity index (χ3v) is 5.67. The van der Waals surface area contributed by atoms with E-state index < -0.39 is 17.7 Å². The number of nitrogens with zero attached hydrogens (tertiary/aromatic N) is 4. The lowest BCUT2D eigenvalue weighted by Crippen LogP contribution is -2.43. The van der Waals surface area contributed by atoms with E-state index in [-0.39, 0.29) is 18.3 Å². The highest BCUT2D eigenvalue weighted by molar-refractivity contribution is 5.79. The number of halogens is 3. The number of amides is 1. The Morgan fingerprint density at radius 3 is 2.69 bits per heavy atom. The molecule has 1 unspecified atom stereocenters. The number of carbonyl (C=O) groups excluding carboxylic acids is 1. The number of carbonyl (C=O) groups is 1. The molecule has 3 aromatic rings. The Bertz CT molecular complexity index is 1050. The van der Waals surface area contributed by atoms with Crippen molar-refractivity contribution in [2.75, 3.05) is 18.0 Å². The van der Waals surface area contributed by atoms with Crippen LogP contribution in [0.4, 0.5) is 19.0 Å². The summed E-state index contributed by atoms with van der Waals surface area (Å²) >= 11 is 0. The average Bonchev–Trinajstić information content (AvgIpc) is 3.31. The van der Waals surface area contributed by atoms with Gasteiger partial charge >= 0.3 is 6.18 Å². The van der Waals surface area contributed by atoms with Gasteiger partial charge in [-0.25, -0.2) is 9.97 Å². The van der Waals surface area contributed by atoms with Crippen LogP contribution in [0, 0.1) is 5.92 Å². The number of benzene rings is 1. The highest BCUT2D eigenvalue weighted by Gasteiger charge is 2.37. The lowest BCUT2D eigenvalue weighted by atomic mass is 9.96. The van der Waals surface area contributed by atoms with Gasteiger partial charge in [0.2, 0.25) is 5.91 Å². The van der Waals surface area contributed by atoms with Crippen LogP contribution in [0.3, 0.4) is 0 Å². The second-order valence-corrected chi connectivity index (χ2v) is 7.88. The molecule has 0 aliphatic carbocycles. The van der Waals surface area contributed by atoms with Crippen LogP contribution < -0.4 is 10.2 Å². The third kappa shape index (κ3) is 5.09. The number of alkyl halides is 3. The molecule has 32 heavy (non-hydrogen) atoms. The largest absolute Gasteiger partial charge is 0.419 e. The summed E-state index contributed by atoms with van der Waals surface area (Å²) in [6, 6.07) is 10.1. The van der Waals surface area contributed by atoms with E-state index in [2.05, 4.69) is 15.3 Å². The molecule has 0 bridgehead atoms. The maximum atomic E-state index is 13.4. The molecule has 1 aromatic carbocycles. The molecule has 3 heterocycles. The molecule has 0 spiro atoms. The van der Waals surface area contributed by atoms with Gasteiger partial charge in [0.1, 0.15) is 5.82 Å². The van der Waals surface area contributed by atoms with E-state index in [9.17, 15) is 18.0 Å². The molecular weight excluding hydrogens is 419 g/mol. The van der Waals surface area contributed by atoms with Crippen LogP contribution >= 0.6 is 0 Å². The quantitative estimate of drug-likeness (QED) is 0.628. The lowest BCUT2D eigenvalue weighted by molar-refractivity contribution is -0.137. The van der Waals surface area contributed by atoms with Gasteiger partial charge in [-0.1, -0.05) is 24.3 Å². The predicted molar refractivity (Wildman–Crippen MR) is 114 cm³/mol. The molecule has 0 radical (unpaired) electrons. The zero-order valence-electron chi connectivity index (χ0n) is 17.4. The smallest absolute Gasteiger partial charge is 0.355 e. The molecule has 6 nitrogen and oxygen atoms in total. The lowest BCUT2D eigenvalue weighted by Gasteiger charge is -2.34. The minimum Gasteiger partial charge on any atom is -0.355 e. The molecule has 1 atom stereocenters. The van der Waals surface area contributed by atoms with E-state index in [1.807, 2.05) is 35.0 Å². The second-order valence-electron chi connectivity index (χ2n) is 7.88. The summed E-state index contributed by atoms with van der Waals surface area (Å²) in [4.78, 5) is 22.5. The fraction of sp³-hybridized carbons (Fsp3) is 0.348. The van der Waals surface area contributed by atoms with Gasteiger partial charge < -0.3 is 14.8 Å². The first kappa shape index (κ1) is 21.9. The molecule has 4 rings (SSSR count). The molecule has 1 aliphatic rings. The summed E-state index contributed by atoms with van der Waals surface area (Å²) in [5.74, 6) is -0.660. The van der Waals surface area contributed by atoms with Crippen molar-refractivity contribution in [3.05, 3.63) is 78.0 Å².